The summed E-state index contributed by atoms with van der Waals surface area (Å²) in [5.74, 6) is 0.494. The number of nitrogens with one attached hydrogen (secondary N) is 1. The van der Waals surface area contributed by atoms with Gasteiger partial charge in [-0.2, -0.15) is 0 Å². The van der Waals surface area contributed by atoms with Gasteiger partial charge in [0.05, 0.1) is 19.3 Å². The maximum absolute atomic E-state index is 12.6. The molecular formula is C18H23BrN4O3. The summed E-state index contributed by atoms with van der Waals surface area (Å²) < 4.78 is 13.3. The van der Waals surface area contributed by atoms with Crippen LogP contribution in [0.25, 0.3) is 5.82 Å². The Balaban J connectivity index is 1.56. The molecule has 26 heavy (non-hydrogen) atoms. The van der Waals surface area contributed by atoms with Crippen molar-refractivity contribution in [3.05, 3.63) is 41.0 Å². The van der Waals surface area contributed by atoms with E-state index in [1.165, 1.54) is 0 Å². The van der Waals surface area contributed by atoms with Crippen molar-refractivity contribution < 1.29 is 14.3 Å². The minimum atomic E-state index is -0.156. The van der Waals surface area contributed by atoms with E-state index in [0.717, 1.165) is 30.2 Å². The second kappa shape index (κ2) is 9.25. The quantitative estimate of drug-likeness (QED) is 0.693. The van der Waals surface area contributed by atoms with Crippen molar-refractivity contribution >= 4 is 21.8 Å². The van der Waals surface area contributed by atoms with Crippen molar-refractivity contribution in [1.29, 1.82) is 0 Å². The Kier molecular flexibility index (Phi) is 6.76. The third kappa shape index (κ3) is 5.12. The highest BCUT2D eigenvalue weighted by Gasteiger charge is 2.23. The first kappa shape index (κ1) is 19.0. The van der Waals surface area contributed by atoms with Gasteiger partial charge in [0.15, 0.2) is 0 Å². The number of aromatic nitrogens is 3. The lowest BCUT2D eigenvalue weighted by molar-refractivity contribution is -0.00409. The zero-order chi connectivity index (χ0) is 18.4. The summed E-state index contributed by atoms with van der Waals surface area (Å²) >= 11 is 3.45. The molecule has 7 nitrogen and oxygen atoms in total. The third-order valence-corrected chi connectivity index (χ3v) is 4.89. The number of ether oxygens (including phenoxy) is 2. The number of nitrogens with zero attached hydrogens (tertiary/aromatic N) is 3. The fourth-order valence-corrected chi connectivity index (χ4v) is 3.48. The maximum atomic E-state index is 12.6. The predicted octanol–water partition coefficient (Wildman–Crippen LogP) is 2.73. The van der Waals surface area contributed by atoms with Gasteiger partial charge >= 0.3 is 0 Å². The van der Waals surface area contributed by atoms with E-state index in [4.69, 9.17) is 9.47 Å². The number of halogens is 1. The summed E-state index contributed by atoms with van der Waals surface area (Å²) in [5, 5.41) is 3.10. The highest BCUT2D eigenvalue weighted by Crippen LogP contribution is 2.22. The molecule has 0 unspecified atom stereocenters. The van der Waals surface area contributed by atoms with Crippen molar-refractivity contribution in [3.63, 3.8) is 0 Å². The Morgan fingerprint density at radius 3 is 2.81 bits per heavy atom. The van der Waals surface area contributed by atoms with E-state index in [2.05, 4.69) is 31.2 Å². The smallest absolute Gasteiger partial charge is 0.270 e. The van der Waals surface area contributed by atoms with Crippen LogP contribution in [0, 0.1) is 0 Å². The molecule has 0 bridgehead atoms. The van der Waals surface area contributed by atoms with Crippen LogP contribution in [0.3, 0.4) is 0 Å². The van der Waals surface area contributed by atoms with Crippen LogP contribution in [0.4, 0.5) is 0 Å². The second-order valence-corrected chi connectivity index (χ2v) is 7.23. The van der Waals surface area contributed by atoms with E-state index in [-0.39, 0.29) is 18.1 Å². The molecule has 1 amide bonds. The molecule has 0 aliphatic heterocycles. The van der Waals surface area contributed by atoms with E-state index < -0.39 is 0 Å². The Labute approximate surface area is 161 Å². The topological polar surface area (TPSA) is 78.3 Å². The van der Waals surface area contributed by atoms with Gasteiger partial charge < -0.3 is 14.8 Å². The Bertz CT molecular complexity index is 715. The van der Waals surface area contributed by atoms with Gasteiger partial charge in [0, 0.05) is 30.0 Å². The zero-order valence-electron chi connectivity index (χ0n) is 14.7. The molecule has 1 aliphatic rings. The van der Waals surface area contributed by atoms with Crippen LogP contribution in [0.2, 0.25) is 0 Å². The molecule has 0 atom stereocenters. The standard InChI is InChI=1S/C18H23BrN4O3/c1-25-8-9-26-15-4-2-14(3-5-15)21-18(24)16-10-13(19)11-17(22-16)23-7-6-20-12-23/h6-7,10-12,14-15H,2-5,8-9H2,1H3,(H,21,24). The summed E-state index contributed by atoms with van der Waals surface area (Å²) in [6.07, 6.45) is 9.09. The Morgan fingerprint density at radius 2 is 2.12 bits per heavy atom. The number of hydrogen-bond acceptors (Lipinski definition) is 5. The molecule has 1 N–H and O–H groups in total. The van der Waals surface area contributed by atoms with Crippen LogP contribution < -0.4 is 5.32 Å². The van der Waals surface area contributed by atoms with E-state index in [1.54, 1.807) is 36.5 Å². The largest absolute Gasteiger partial charge is 0.382 e. The molecule has 3 rings (SSSR count). The third-order valence-electron chi connectivity index (χ3n) is 4.43. The number of imidazole rings is 1. The van der Waals surface area contributed by atoms with Gasteiger partial charge in [-0.15, -0.1) is 0 Å². The Morgan fingerprint density at radius 1 is 1.31 bits per heavy atom. The van der Waals surface area contributed by atoms with E-state index in [0.29, 0.717) is 24.7 Å². The molecule has 1 fully saturated rings. The summed E-state index contributed by atoms with van der Waals surface area (Å²) in [5.41, 5.74) is 0.390. The molecule has 1 aliphatic carbocycles. The fourth-order valence-electron chi connectivity index (χ4n) is 3.06. The molecule has 0 spiro atoms. The van der Waals surface area contributed by atoms with Crippen molar-refractivity contribution in [2.45, 2.75) is 37.8 Å². The molecule has 8 heteroatoms. The highest BCUT2D eigenvalue weighted by atomic mass is 79.9. The van der Waals surface area contributed by atoms with E-state index in [1.807, 2.05) is 6.07 Å². The zero-order valence-corrected chi connectivity index (χ0v) is 16.3. The first-order valence-electron chi connectivity index (χ1n) is 8.73. The summed E-state index contributed by atoms with van der Waals surface area (Å²) in [4.78, 5) is 21.1. The van der Waals surface area contributed by atoms with E-state index >= 15 is 0 Å². The van der Waals surface area contributed by atoms with Gasteiger partial charge in [-0.25, -0.2) is 9.97 Å². The van der Waals surface area contributed by atoms with Crippen LogP contribution in [0.15, 0.2) is 35.3 Å². The van der Waals surface area contributed by atoms with Gasteiger partial charge in [0.2, 0.25) is 0 Å². The molecule has 2 aromatic heterocycles. The summed E-state index contributed by atoms with van der Waals surface area (Å²) in [6.45, 7) is 1.24. The maximum Gasteiger partial charge on any atom is 0.270 e. The first-order chi connectivity index (χ1) is 12.7. The summed E-state index contributed by atoms with van der Waals surface area (Å²) in [7, 11) is 1.67. The molecule has 1 saturated carbocycles. The second-order valence-electron chi connectivity index (χ2n) is 6.31. The van der Waals surface area contributed by atoms with Gasteiger partial charge in [-0.3, -0.25) is 9.36 Å². The normalized spacial score (nSPS) is 20.1. The Hall–Kier alpha value is -1.77. The van der Waals surface area contributed by atoms with Crippen molar-refractivity contribution in [1.82, 2.24) is 19.9 Å². The van der Waals surface area contributed by atoms with Crippen molar-refractivity contribution in [2.24, 2.45) is 0 Å². The molecule has 2 heterocycles. The monoisotopic (exact) mass is 422 g/mol. The van der Waals surface area contributed by atoms with E-state index in [9.17, 15) is 4.79 Å². The van der Waals surface area contributed by atoms with Crippen LogP contribution in [-0.4, -0.2) is 52.9 Å². The number of pyridine rings is 1. The van der Waals surface area contributed by atoms with Gasteiger partial charge in [-0.05, 0) is 37.8 Å². The average molecular weight is 423 g/mol. The summed E-state index contributed by atoms with van der Waals surface area (Å²) in [6, 6.07) is 3.73. The first-order valence-corrected chi connectivity index (χ1v) is 9.52. The number of carbonyl (C=O) groups excluding carboxylic acids is 1. The SMILES string of the molecule is COCCOC1CCC(NC(=O)c2cc(Br)cc(-n3ccnc3)n2)CC1. The predicted molar refractivity (Wildman–Crippen MR) is 100 cm³/mol. The number of rotatable bonds is 7. The number of amides is 1. The number of carbonyl (C=O) groups is 1. The van der Waals surface area contributed by atoms with Gasteiger partial charge in [0.1, 0.15) is 17.8 Å². The number of methoxy groups -OCH3 is 1. The lowest BCUT2D eigenvalue weighted by Crippen LogP contribution is -2.39. The average Bonchev–Trinajstić information content (AvgIpc) is 3.18. The number of hydrogen-bond donors (Lipinski definition) is 1. The minimum absolute atomic E-state index is 0.155. The molecule has 0 aromatic carbocycles. The minimum Gasteiger partial charge on any atom is -0.382 e. The molecule has 0 radical (unpaired) electrons. The van der Waals surface area contributed by atoms with Gasteiger partial charge in [-0.1, -0.05) is 15.9 Å². The van der Waals surface area contributed by atoms with Gasteiger partial charge in [0.25, 0.3) is 5.91 Å². The molecule has 2 aromatic rings. The van der Waals surface area contributed by atoms with Crippen LogP contribution >= 0.6 is 15.9 Å². The molecule has 0 saturated heterocycles. The van der Waals surface area contributed by atoms with Crippen LogP contribution in [0.5, 0.6) is 0 Å². The highest BCUT2D eigenvalue weighted by molar-refractivity contribution is 9.10. The van der Waals surface area contributed by atoms with Crippen LogP contribution in [0.1, 0.15) is 36.2 Å². The fraction of sp³-hybridized carbons (Fsp3) is 0.500. The molecular weight excluding hydrogens is 400 g/mol. The van der Waals surface area contributed by atoms with Crippen molar-refractivity contribution in [2.75, 3.05) is 20.3 Å². The lowest BCUT2D eigenvalue weighted by Gasteiger charge is -2.29. The van der Waals surface area contributed by atoms with Crippen molar-refractivity contribution in [3.8, 4) is 5.82 Å². The lowest BCUT2D eigenvalue weighted by atomic mass is 9.93. The molecule has 140 valence electrons. The van der Waals surface area contributed by atoms with Crippen LogP contribution in [-0.2, 0) is 9.47 Å².